The van der Waals surface area contributed by atoms with E-state index in [4.69, 9.17) is 14.2 Å². The van der Waals surface area contributed by atoms with Gasteiger partial charge in [-0.3, -0.25) is 14.4 Å². The molecule has 0 aliphatic heterocycles. The van der Waals surface area contributed by atoms with E-state index < -0.39 is 6.10 Å². The van der Waals surface area contributed by atoms with Gasteiger partial charge < -0.3 is 14.2 Å². The molecule has 0 unspecified atom stereocenters. The molecule has 0 bridgehead atoms. The fourth-order valence-corrected chi connectivity index (χ4v) is 7.33. The maximum Gasteiger partial charge on any atom is 0.306 e. The zero-order chi connectivity index (χ0) is 44.4. The van der Waals surface area contributed by atoms with Crippen molar-refractivity contribution in [3.05, 3.63) is 48.6 Å². The van der Waals surface area contributed by atoms with Crippen LogP contribution in [0.15, 0.2) is 48.6 Å². The number of carbonyl (C=O) groups excluding carboxylic acids is 3. The predicted molar refractivity (Wildman–Crippen MR) is 261 cm³/mol. The van der Waals surface area contributed by atoms with Gasteiger partial charge in [-0.15, -0.1) is 0 Å². The third kappa shape index (κ3) is 48.3. The lowest BCUT2D eigenvalue weighted by atomic mass is 10.0. The van der Waals surface area contributed by atoms with E-state index >= 15 is 0 Å². The molecule has 354 valence electrons. The predicted octanol–water partition coefficient (Wildman–Crippen LogP) is 17.1. The van der Waals surface area contributed by atoms with Crippen LogP contribution in [0.4, 0.5) is 0 Å². The Morgan fingerprint density at radius 3 is 1.00 bits per heavy atom. The van der Waals surface area contributed by atoms with Gasteiger partial charge in [-0.2, -0.15) is 0 Å². The van der Waals surface area contributed by atoms with Gasteiger partial charge in [0, 0.05) is 19.3 Å². The molecule has 0 aromatic carbocycles. The lowest BCUT2D eigenvalue weighted by molar-refractivity contribution is -0.167. The van der Waals surface area contributed by atoms with Crippen molar-refractivity contribution < 1.29 is 28.6 Å². The summed E-state index contributed by atoms with van der Waals surface area (Å²) in [5.41, 5.74) is 0. The van der Waals surface area contributed by atoms with E-state index in [0.29, 0.717) is 19.3 Å². The van der Waals surface area contributed by atoms with Gasteiger partial charge in [-0.1, -0.05) is 211 Å². The Morgan fingerprint density at radius 2 is 0.590 bits per heavy atom. The van der Waals surface area contributed by atoms with Crippen LogP contribution in [-0.2, 0) is 28.6 Å². The summed E-state index contributed by atoms with van der Waals surface area (Å²) in [5, 5.41) is 0. The SMILES string of the molecule is CCCCC/C=C\C/C=C\C/C=C\CCCCC(=O)O[C@@H](COC(=O)CCCCCCC/C=C\CCCCCCCCC)COC(=O)CCCCCCCCCCCCCC. The fourth-order valence-electron chi connectivity index (χ4n) is 7.33. The van der Waals surface area contributed by atoms with E-state index in [1.165, 1.54) is 148 Å². The summed E-state index contributed by atoms with van der Waals surface area (Å²) in [4.78, 5) is 37.9. The second-order valence-corrected chi connectivity index (χ2v) is 17.4. The van der Waals surface area contributed by atoms with Crippen LogP contribution in [0.1, 0.15) is 265 Å². The number of esters is 3. The van der Waals surface area contributed by atoms with E-state index in [0.717, 1.165) is 70.6 Å². The summed E-state index contributed by atoms with van der Waals surface area (Å²) in [5.74, 6) is -0.929. The van der Waals surface area contributed by atoms with E-state index in [1.807, 2.05) is 0 Å². The molecule has 0 N–H and O–H groups in total. The molecule has 0 fully saturated rings. The van der Waals surface area contributed by atoms with Gasteiger partial charge in [-0.25, -0.2) is 0 Å². The zero-order valence-electron chi connectivity index (χ0n) is 40.4. The summed E-state index contributed by atoms with van der Waals surface area (Å²) in [6.07, 6.45) is 59.5. The maximum atomic E-state index is 12.8. The Labute approximate surface area is 378 Å². The molecule has 61 heavy (non-hydrogen) atoms. The normalized spacial score (nSPS) is 12.4. The molecule has 0 aromatic rings. The first-order valence-electron chi connectivity index (χ1n) is 26.1. The largest absolute Gasteiger partial charge is 0.462 e. The highest BCUT2D eigenvalue weighted by Gasteiger charge is 2.19. The summed E-state index contributed by atoms with van der Waals surface area (Å²) >= 11 is 0. The standard InChI is InChI=1S/C55H98O6/c1-4-7-10-13-16-19-22-25-27-29-30-33-36-39-42-45-48-54(57)60-51-52(50-59-53(56)47-44-41-38-35-32-24-21-18-15-12-9-6-3)61-55(58)49-46-43-40-37-34-31-28-26-23-20-17-14-11-8-5-2/h17,20,26-29,34,37,52H,4-16,18-19,21-25,30-33,35-36,38-51H2,1-3H3/b20-17-,28-26-,29-27-,37-34-/t52-/m1/s1. The summed E-state index contributed by atoms with van der Waals surface area (Å²) in [6.45, 7) is 6.58. The van der Waals surface area contributed by atoms with Crippen LogP contribution in [0, 0.1) is 0 Å². The van der Waals surface area contributed by atoms with Crippen LogP contribution < -0.4 is 0 Å². The Bertz CT molecular complexity index is 1070. The average molecular weight is 855 g/mol. The van der Waals surface area contributed by atoms with Gasteiger partial charge in [-0.05, 0) is 83.5 Å². The number of allylic oxidation sites excluding steroid dienone is 8. The topological polar surface area (TPSA) is 78.9 Å². The van der Waals surface area contributed by atoms with E-state index in [1.54, 1.807) is 0 Å². The smallest absolute Gasteiger partial charge is 0.306 e. The molecule has 0 saturated heterocycles. The second kappa shape index (κ2) is 50.0. The van der Waals surface area contributed by atoms with Crippen molar-refractivity contribution in [1.82, 2.24) is 0 Å². The molecule has 0 amide bonds. The summed E-state index contributed by atoms with van der Waals surface area (Å²) in [6, 6.07) is 0. The van der Waals surface area contributed by atoms with Gasteiger partial charge in [0.05, 0.1) is 0 Å². The quantitative estimate of drug-likeness (QED) is 0.0263. The van der Waals surface area contributed by atoms with Crippen LogP contribution in [0.25, 0.3) is 0 Å². The Morgan fingerprint density at radius 1 is 0.328 bits per heavy atom. The Hall–Kier alpha value is -2.63. The monoisotopic (exact) mass is 855 g/mol. The van der Waals surface area contributed by atoms with E-state index in [9.17, 15) is 14.4 Å². The zero-order valence-corrected chi connectivity index (χ0v) is 40.4. The van der Waals surface area contributed by atoms with Gasteiger partial charge in [0.15, 0.2) is 6.10 Å². The molecular weight excluding hydrogens is 757 g/mol. The van der Waals surface area contributed by atoms with Crippen molar-refractivity contribution in [2.45, 2.75) is 271 Å². The first-order valence-corrected chi connectivity index (χ1v) is 26.1. The molecule has 1 atom stereocenters. The van der Waals surface area contributed by atoms with Crippen molar-refractivity contribution in [2.24, 2.45) is 0 Å². The highest BCUT2D eigenvalue weighted by atomic mass is 16.6. The number of carbonyl (C=O) groups is 3. The van der Waals surface area contributed by atoms with Gasteiger partial charge >= 0.3 is 17.9 Å². The maximum absolute atomic E-state index is 12.8. The van der Waals surface area contributed by atoms with Crippen LogP contribution >= 0.6 is 0 Å². The summed E-state index contributed by atoms with van der Waals surface area (Å²) < 4.78 is 16.8. The number of hydrogen-bond donors (Lipinski definition) is 0. The van der Waals surface area contributed by atoms with Gasteiger partial charge in [0.1, 0.15) is 13.2 Å². The van der Waals surface area contributed by atoms with E-state index in [-0.39, 0.29) is 37.5 Å². The highest BCUT2D eigenvalue weighted by molar-refractivity contribution is 5.71. The third-order valence-corrected chi connectivity index (χ3v) is 11.3. The average Bonchev–Trinajstić information content (AvgIpc) is 3.26. The number of rotatable bonds is 47. The molecule has 0 saturated carbocycles. The van der Waals surface area contributed by atoms with Crippen LogP contribution in [0.2, 0.25) is 0 Å². The molecule has 0 radical (unpaired) electrons. The molecule has 0 aromatic heterocycles. The molecule has 0 rings (SSSR count). The lowest BCUT2D eigenvalue weighted by Crippen LogP contribution is -2.30. The minimum absolute atomic E-state index is 0.0888. The Balaban J connectivity index is 4.43. The van der Waals surface area contributed by atoms with Crippen molar-refractivity contribution in [3.63, 3.8) is 0 Å². The van der Waals surface area contributed by atoms with E-state index in [2.05, 4.69) is 69.4 Å². The Kier molecular flexibility index (Phi) is 47.9. The molecular formula is C55H98O6. The second-order valence-electron chi connectivity index (χ2n) is 17.4. The number of unbranched alkanes of at least 4 members (excludes halogenated alkanes) is 28. The minimum Gasteiger partial charge on any atom is -0.462 e. The van der Waals surface area contributed by atoms with Crippen molar-refractivity contribution in [1.29, 1.82) is 0 Å². The van der Waals surface area contributed by atoms with Gasteiger partial charge in [0.2, 0.25) is 0 Å². The van der Waals surface area contributed by atoms with Crippen LogP contribution in [-0.4, -0.2) is 37.2 Å². The summed E-state index contributed by atoms with van der Waals surface area (Å²) in [7, 11) is 0. The minimum atomic E-state index is -0.793. The molecule has 0 spiro atoms. The van der Waals surface area contributed by atoms with Crippen molar-refractivity contribution >= 4 is 17.9 Å². The van der Waals surface area contributed by atoms with Gasteiger partial charge in [0.25, 0.3) is 0 Å². The molecule has 0 aliphatic rings. The lowest BCUT2D eigenvalue weighted by Gasteiger charge is -2.18. The van der Waals surface area contributed by atoms with Crippen molar-refractivity contribution in [2.75, 3.05) is 13.2 Å². The number of ether oxygens (including phenoxy) is 3. The molecule has 0 aliphatic carbocycles. The molecule has 6 heteroatoms. The fraction of sp³-hybridized carbons (Fsp3) is 0.800. The van der Waals surface area contributed by atoms with Crippen molar-refractivity contribution in [3.8, 4) is 0 Å². The molecule has 0 heterocycles. The molecule has 6 nitrogen and oxygen atoms in total. The number of hydrogen-bond acceptors (Lipinski definition) is 6. The highest BCUT2D eigenvalue weighted by Crippen LogP contribution is 2.15. The van der Waals surface area contributed by atoms with Crippen LogP contribution in [0.3, 0.4) is 0 Å². The van der Waals surface area contributed by atoms with Crippen LogP contribution in [0.5, 0.6) is 0 Å². The first kappa shape index (κ1) is 58.4. The third-order valence-electron chi connectivity index (χ3n) is 11.3. The first-order chi connectivity index (χ1) is 30.0.